The van der Waals surface area contributed by atoms with Gasteiger partial charge in [0, 0.05) is 7.05 Å². The average molecular weight is 371 g/mol. The fourth-order valence-corrected chi connectivity index (χ4v) is 5.08. The molecule has 4 rings (SSSR count). The van der Waals surface area contributed by atoms with Crippen molar-refractivity contribution in [2.24, 2.45) is 23.9 Å². The first-order valence-electron chi connectivity index (χ1n) is 8.99. The van der Waals surface area contributed by atoms with Crippen LogP contribution in [0.15, 0.2) is 29.3 Å². The Morgan fingerprint density at radius 1 is 1.15 bits per heavy atom. The molecule has 3 amide bonds. The molecular weight excluding hydrogens is 350 g/mol. The molecule has 2 aliphatic rings. The van der Waals surface area contributed by atoms with Gasteiger partial charge in [-0.25, -0.2) is 0 Å². The number of para-hydroxylation sites is 1. The highest BCUT2D eigenvalue weighted by Gasteiger charge is 2.50. The summed E-state index contributed by atoms with van der Waals surface area (Å²) in [5, 5.41) is 0. The summed E-state index contributed by atoms with van der Waals surface area (Å²) in [6.07, 6.45) is 3.43. The van der Waals surface area contributed by atoms with Crippen molar-refractivity contribution in [3.05, 3.63) is 29.1 Å². The second kappa shape index (κ2) is 6.46. The molecule has 6 nitrogen and oxygen atoms in total. The number of amides is 3. The molecule has 1 saturated heterocycles. The number of benzene rings is 1. The zero-order valence-electron chi connectivity index (χ0n) is 14.8. The predicted molar refractivity (Wildman–Crippen MR) is 98.1 cm³/mol. The van der Waals surface area contributed by atoms with Gasteiger partial charge in [0.2, 0.25) is 11.8 Å². The Balaban J connectivity index is 1.64. The van der Waals surface area contributed by atoms with E-state index in [4.69, 9.17) is 0 Å². The largest absolute Gasteiger partial charge is 0.319 e. The predicted octanol–water partition coefficient (Wildman–Crippen LogP) is 2.23. The smallest absolute Gasteiger partial charge is 0.271 e. The molecule has 0 bridgehead atoms. The number of fused-ring (bicyclic) bond motifs is 2. The van der Waals surface area contributed by atoms with Crippen LogP contribution in [0.2, 0.25) is 0 Å². The highest BCUT2D eigenvalue weighted by molar-refractivity contribution is 7.16. The van der Waals surface area contributed by atoms with Gasteiger partial charge in [0.25, 0.3) is 5.91 Å². The van der Waals surface area contributed by atoms with E-state index in [0.29, 0.717) is 4.80 Å². The number of carbonyl (C=O) groups excluding carboxylic acids is 3. The molecule has 7 heteroatoms. The van der Waals surface area contributed by atoms with Crippen molar-refractivity contribution in [3.8, 4) is 0 Å². The van der Waals surface area contributed by atoms with Gasteiger partial charge in [-0.15, -0.1) is 0 Å². The summed E-state index contributed by atoms with van der Waals surface area (Å²) in [7, 11) is 1.86. The third-order valence-electron chi connectivity index (χ3n) is 5.54. The molecule has 1 aromatic carbocycles. The molecular formula is C19H21N3O3S. The summed E-state index contributed by atoms with van der Waals surface area (Å²) in [6, 6.07) is 6.97. The van der Waals surface area contributed by atoms with E-state index in [1.807, 2.05) is 35.9 Å². The standard InChI is InChI=1S/C19H21N3O3S/c1-11(22-17(24)12-7-3-4-8-13(12)18(22)25)16(23)20-19-21(2)14-9-5-6-10-15(14)26-19/h5-6,9-13H,3-4,7-8H2,1-2H3. The molecule has 26 heavy (non-hydrogen) atoms. The van der Waals surface area contributed by atoms with Gasteiger partial charge in [0.15, 0.2) is 4.80 Å². The second-order valence-corrected chi connectivity index (χ2v) is 8.09. The van der Waals surface area contributed by atoms with Gasteiger partial charge in [-0.3, -0.25) is 19.3 Å². The van der Waals surface area contributed by atoms with Crippen molar-refractivity contribution in [1.29, 1.82) is 0 Å². The second-order valence-electron chi connectivity index (χ2n) is 7.08. The van der Waals surface area contributed by atoms with Gasteiger partial charge in [0.05, 0.1) is 22.1 Å². The van der Waals surface area contributed by atoms with E-state index in [1.165, 1.54) is 16.2 Å². The first-order valence-corrected chi connectivity index (χ1v) is 9.80. The number of hydrogen-bond donors (Lipinski definition) is 0. The van der Waals surface area contributed by atoms with Crippen LogP contribution in [0.25, 0.3) is 10.2 Å². The lowest BCUT2D eigenvalue weighted by atomic mass is 9.81. The van der Waals surface area contributed by atoms with Crippen LogP contribution in [0.4, 0.5) is 0 Å². The van der Waals surface area contributed by atoms with Crippen molar-refractivity contribution in [2.45, 2.75) is 38.6 Å². The Bertz CT molecular complexity index is 950. The average Bonchev–Trinajstić information content (AvgIpc) is 3.10. The quantitative estimate of drug-likeness (QED) is 0.760. The van der Waals surface area contributed by atoms with Crippen molar-refractivity contribution >= 4 is 39.3 Å². The molecule has 1 aliphatic heterocycles. The molecule has 3 atom stereocenters. The topological polar surface area (TPSA) is 71.7 Å². The molecule has 2 heterocycles. The van der Waals surface area contributed by atoms with E-state index in [1.54, 1.807) is 6.92 Å². The minimum Gasteiger partial charge on any atom is -0.319 e. The van der Waals surface area contributed by atoms with Crippen LogP contribution in [0.5, 0.6) is 0 Å². The fraction of sp³-hybridized carbons (Fsp3) is 0.474. The first-order chi connectivity index (χ1) is 12.5. The van der Waals surface area contributed by atoms with Gasteiger partial charge in [-0.1, -0.05) is 36.3 Å². The molecule has 0 radical (unpaired) electrons. The fourth-order valence-electron chi connectivity index (χ4n) is 4.06. The Morgan fingerprint density at radius 2 is 1.77 bits per heavy atom. The van der Waals surface area contributed by atoms with Gasteiger partial charge < -0.3 is 4.57 Å². The number of aromatic nitrogens is 1. The van der Waals surface area contributed by atoms with Crippen LogP contribution in [-0.2, 0) is 21.4 Å². The molecule has 1 aliphatic carbocycles. The minimum absolute atomic E-state index is 0.198. The maximum absolute atomic E-state index is 12.7. The third kappa shape index (κ3) is 2.61. The number of aryl methyl sites for hydroxylation is 1. The van der Waals surface area contributed by atoms with E-state index in [0.717, 1.165) is 35.9 Å². The van der Waals surface area contributed by atoms with Crippen molar-refractivity contribution in [3.63, 3.8) is 0 Å². The normalized spacial score (nSPS) is 25.0. The third-order valence-corrected chi connectivity index (χ3v) is 6.65. The number of carbonyl (C=O) groups is 3. The van der Waals surface area contributed by atoms with E-state index in [2.05, 4.69) is 4.99 Å². The monoisotopic (exact) mass is 371 g/mol. The van der Waals surface area contributed by atoms with Gasteiger partial charge in [0.1, 0.15) is 6.04 Å². The highest BCUT2D eigenvalue weighted by atomic mass is 32.1. The maximum atomic E-state index is 12.7. The van der Waals surface area contributed by atoms with Crippen LogP contribution in [-0.4, -0.2) is 33.2 Å². The molecule has 2 fully saturated rings. The lowest BCUT2D eigenvalue weighted by molar-refractivity contribution is -0.146. The van der Waals surface area contributed by atoms with Crippen LogP contribution in [0.3, 0.4) is 0 Å². The molecule has 3 unspecified atom stereocenters. The zero-order chi connectivity index (χ0) is 18.4. The van der Waals surface area contributed by atoms with Crippen LogP contribution in [0, 0.1) is 11.8 Å². The van der Waals surface area contributed by atoms with E-state index >= 15 is 0 Å². The summed E-state index contributed by atoms with van der Waals surface area (Å²) >= 11 is 1.42. The SMILES string of the molecule is CC(C(=O)N=c1sc2ccccc2n1C)N1C(=O)C2CCCCC2C1=O. The molecule has 136 valence electrons. The van der Waals surface area contributed by atoms with Crippen molar-refractivity contribution < 1.29 is 14.4 Å². The highest BCUT2D eigenvalue weighted by Crippen LogP contribution is 2.38. The number of nitrogens with zero attached hydrogens (tertiary/aromatic N) is 3. The summed E-state index contributed by atoms with van der Waals surface area (Å²) in [5.41, 5.74) is 0.996. The summed E-state index contributed by atoms with van der Waals surface area (Å²) in [6.45, 7) is 1.60. The lowest BCUT2D eigenvalue weighted by Crippen LogP contribution is -2.43. The Kier molecular flexibility index (Phi) is 4.26. The summed E-state index contributed by atoms with van der Waals surface area (Å²) in [5.74, 6) is -1.33. The lowest BCUT2D eigenvalue weighted by Gasteiger charge is -2.19. The van der Waals surface area contributed by atoms with Gasteiger partial charge in [-0.2, -0.15) is 4.99 Å². The van der Waals surface area contributed by atoms with Crippen LogP contribution >= 0.6 is 11.3 Å². The Morgan fingerprint density at radius 3 is 2.38 bits per heavy atom. The minimum atomic E-state index is -0.856. The zero-order valence-corrected chi connectivity index (χ0v) is 15.7. The van der Waals surface area contributed by atoms with Crippen LogP contribution in [0.1, 0.15) is 32.6 Å². The van der Waals surface area contributed by atoms with E-state index in [9.17, 15) is 14.4 Å². The first kappa shape index (κ1) is 17.1. The number of likely N-dealkylation sites (tertiary alicyclic amines) is 1. The van der Waals surface area contributed by atoms with Crippen LogP contribution < -0.4 is 4.80 Å². The summed E-state index contributed by atoms with van der Waals surface area (Å²) in [4.78, 5) is 44.0. The number of rotatable bonds is 2. The van der Waals surface area contributed by atoms with Crippen molar-refractivity contribution in [2.75, 3.05) is 0 Å². The van der Waals surface area contributed by atoms with Crippen molar-refractivity contribution in [1.82, 2.24) is 9.47 Å². The Labute approximate surface area is 155 Å². The van der Waals surface area contributed by atoms with Gasteiger partial charge in [-0.05, 0) is 31.9 Å². The van der Waals surface area contributed by atoms with E-state index in [-0.39, 0.29) is 23.7 Å². The molecule has 1 saturated carbocycles. The molecule has 0 spiro atoms. The number of thiazole rings is 1. The van der Waals surface area contributed by atoms with Gasteiger partial charge >= 0.3 is 0 Å². The number of hydrogen-bond acceptors (Lipinski definition) is 4. The maximum Gasteiger partial charge on any atom is 0.271 e. The number of imide groups is 1. The molecule has 0 N–H and O–H groups in total. The molecule has 1 aromatic heterocycles. The van der Waals surface area contributed by atoms with E-state index < -0.39 is 11.9 Å². The Hall–Kier alpha value is -2.28. The summed E-state index contributed by atoms with van der Waals surface area (Å²) < 4.78 is 2.89. The molecule has 2 aromatic rings.